The Morgan fingerprint density at radius 1 is 1.26 bits per heavy atom. The van der Waals surface area contributed by atoms with Crippen LogP contribution < -0.4 is 10.1 Å². The van der Waals surface area contributed by atoms with Crippen molar-refractivity contribution in [3.05, 3.63) is 67.5 Å². The Hall–Kier alpha value is -2.68. The third-order valence-electron chi connectivity index (χ3n) is 3.57. The second-order valence-corrected chi connectivity index (χ2v) is 6.96. The fourth-order valence-electron chi connectivity index (χ4n) is 2.29. The number of rotatable bonds is 5. The summed E-state index contributed by atoms with van der Waals surface area (Å²) in [7, 11) is 1.32. The maximum absolute atomic E-state index is 12.4. The normalized spacial score (nSPS) is 10.5. The van der Waals surface area contributed by atoms with Crippen LogP contribution in [0.3, 0.4) is 0 Å². The Labute approximate surface area is 167 Å². The largest absolute Gasteiger partial charge is 0.490 e. The van der Waals surface area contributed by atoms with Crippen LogP contribution in [0.25, 0.3) is 11.3 Å². The molecular formula is C17H11Cl2N3O4S. The fourth-order valence-corrected chi connectivity index (χ4v) is 3.38. The van der Waals surface area contributed by atoms with E-state index in [1.807, 2.05) is 0 Å². The fraction of sp³-hybridized carbons (Fsp3) is 0.0588. The molecule has 1 amide bonds. The molecule has 0 spiro atoms. The van der Waals surface area contributed by atoms with Gasteiger partial charge >= 0.3 is 5.69 Å². The number of halogens is 2. The van der Waals surface area contributed by atoms with Gasteiger partial charge in [-0.2, -0.15) is 0 Å². The molecule has 0 bridgehead atoms. The van der Waals surface area contributed by atoms with Gasteiger partial charge < -0.3 is 4.74 Å². The van der Waals surface area contributed by atoms with Crippen molar-refractivity contribution in [1.82, 2.24) is 4.98 Å². The third-order valence-corrected chi connectivity index (χ3v) is 4.89. The van der Waals surface area contributed by atoms with Crippen LogP contribution in [0.1, 0.15) is 10.4 Å². The van der Waals surface area contributed by atoms with Crippen molar-refractivity contribution in [2.45, 2.75) is 0 Å². The highest BCUT2D eigenvalue weighted by Gasteiger charge is 2.19. The molecule has 138 valence electrons. The van der Waals surface area contributed by atoms with Crippen molar-refractivity contribution in [2.24, 2.45) is 0 Å². The van der Waals surface area contributed by atoms with Gasteiger partial charge in [-0.25, -0.2) is 4.98 Å². The molecule has 3 rings (SSSR count). The number of nitro groups is 1. The molecule has 0 unspecified atom stereocenters. The number of aromatic nitrogens is 1. The van der Waals surface area contributed by atoms with Gasteiger partial charge in [-0.1, -0.05) is 23.2 Å². The molecule has 0 saturated carbocycles. The molecule has 2 aromatic carbocycles. The van der Waals surface area contributed by atoms with Gasteiger partial charge in [-0.3, -0.25) is 20.2 Å². The van der Waals surface area contributed by atoms with E-state index in [-0.39, 0.29) is 17.0 Å². The zero-order valence-electron chi connectivity index (χ0n) is 13.7. The monoisotopic (exact) mass is 423 g/mol. The summed E-state index contributed by atoms with van der Waals surface area (Å²) in [4.78, 5) is 27.2. The Kier molecular flexibility index (Phi) is 5.59. The van der Waals surface area contributed by atoms with Crippen molar-refractivity contribution < 1.29 is 14.5 Å². The molecule has 1 heterocycles. The molecule has 0 aliphatic carbocycles. The zero-order valence-corrected chi connectivity index (χ0v) is 16.1. The summed E-state index contributed by atoms with van der Waals surface area (Å²) in [5.41, 5.74) is 1.01. The number of nitro benzene ring substituents is 1. The van der Waals surface area contributed by atoms with E-state index < -0.39 is 10.8 Å². The minimum atomic E-state index is -0.613. The van der Waals surface area contributed by atoms with Gasteiger partial charge in [0, 0.05) is 27.6 Å². The molecule has 0 atom stereocenters. The van der Waals surface area contributed by atoms with Gasteiger partial charge in [0.05, 0.1) is 22.7 Å². The SMILES string of the molecule is COc1ccc(C(=O)Nc2nc(-c3cc(Cl)ccc3Cl)cs2)cc1[N+](=O)[O-]. The van der Waals surface area contributed by atoms with Crippen molar-refractivity contribution in [3.63, 3.8) is 0 Å². The van der Waals surface area contributed by atoms with Crippen molar-refractivity contribution in [1.29, 1.82) is 0 Å². The quantitative estimate of drug-likeness (QED) is 0.444. The Morgan fingerprint density at radius 2 is 2.04 bits per heavy atom. The number of thiazole rings is 1. The minimum absolute atomic E-state index is 0.0729. The van der Waals surface area contributed by atoms with E-state index in [1.165, 1.54) is 30.6 Å². The lowest BCUT2D eigenvalue weighted by atomic mass is 10.1. The second-order valence-electron chi connectivity index (χ2n) is 5.26. The molecule has 0 aliphatic rings. The van der Waals surface area contributed by atoms with Gasteiger partial charge in [0.2, 0.25) is 0 Å². The van der Waals surface area contributed by atoms with Crippen LogP contribution in [0.4, 0.5) is 10.8 Å². The molecule has 27 heavy (non-hydrogen) atoms. The lowest BCUT2D eigenvalue weighted by Crippen LogP contribution is -2.12. The summed E-state index contributed by atoms with van der Waals surface area (Å²) >= 11 is 13.3. The highest BCUT2D eigenvalue weighted by atomic mass is 35.5. The standard InChI is InChI=1S/C17H11Cl2N3O4S/c1-26-15-5-2-9(6-14(15)22(24)25)16(23)21-17-20-13(8-27-17)11-7-10(18)3-4-12(11)19/h2-8H,1H3,(H,20,21,23). The summed E-state index contributed by atoms with van der Waals surface area (Å²) in [5, 5.41) is 16.8. The lowest BCUT2D eigenvalue weighted by Gasteiger charge is -2.05. The molecule has 7 nitrogen and oxygen atoms in total. The number of hydrogen-bond donors (Lipinski definition) is 1. The molecule has 10 heteroatoms. The summed E-state index contributed by atoms with van der Waals surface area (Å²) in [5.74, 6) is -0.456. The van der Waals surface area contributed by atoms with E-state index in [1.54, 1.807) is 23.6 Å². The van der Waals surface area contributed by atoms with Crippen LogP contribution >= 0.6 is 34.5 Å². The van der Waals surface area contributed by atoms with Crippen LogP contribution in [0.5, 0.6) is 5.75 Å². The lowest BCUT2D eigenvalue weighted by molar-refractivity contribution is -0.385. The number of methoxy groups -OCH3 is 1. The first-order valence-electron chi connectivity index (χ1n) is 7.43. The average Bonchev–Trinajstić information content (AvgIpc) is 3.11. The van der Waals surface area contributed by atoms with Crippen LogP contribution in [0.15, 0.2) is 41.8 Å². The number of ether oxygens (including phenoxy) is 1. The van der Waals surface area contributed by atoms with Crippen molar-refractivity contribution >= 4 is 51.3 Å². The number of hydrogen-bond acceptors (Lipinski definition) is 6. The predicted octanol–water partition coefficient (Wildman–Crippen LogP) is 5.29. The van der Waals surface area contributed by atoms with E-state index in [4.69, 9.17) is 27.9 Å². The highest BCUT2D eigenvalue weighted by molar-refractivity contribution is 7.14. The minimum Gasteiger partial charge on any atom is -0.490 e. The van der Waals surface area contributed by atoms with Crippen LogP contribution in [0.2, 0.25) is 10.0 Å². The van der Waals surface area contributed by atoms with E-state index >= 15 is 0 Å². The molecule has 0 aliphatic heterocycles. The molecule has 0 saturated heterocycles. The Bertz CT molecular complexity index is 1040. The molecular weight excluding hydrogens is 413 g/mol. The molecule has 0 fully saturated rings. The summed E-state index contributed by atoms with van der Waals surface area (Å²) in [6.45, 7) is 0. The molecule has 1 N–H and O–H groups in total. The van der Waals surface area contributed by atoms with Crippen molar-refractivity contribution in [3.8, 4) is 17.0 Å². The van der Waals surface area contributed by atoms with Crippen LogP contribution in [0, 0.1) is 10.1 Å². The van der Waals surface area contributed by atoms with Gasteiger partial charge in [0.25, 0.3) is 5.91 Å². The maximum Gasteiger partial charge on any atom is 0.311 e. The first-order chi connectivity index (χ1) is 12.9. The average molecular weight is 424 g/mol. The Morgan fingerprint density at radius 3 is 2.74 bits per heavy atom. The second kappa shape index (κ2) is 7.91. The summed E-state index contributed by atoms with van der Waals surface area (Å²) < 4.78 is 4.93. The molecule has 3 aromatic rings. The van der Waals surface area contributed by atoms with E-state index in [2.05, 4.69) is 10.3 Å². The summed E-state index contributed by atoms with van der Waals surface area (Å²) in [6, 6.07) is 8.95. The molecule has 1 aromatic heterocycles. The maximum atomic E-state index is 12.4. The van der Waals surface area contributed by atoms with Gasteiger partial charge in [-0.15, -0.1) is 11.3 Å². The van der Waals surface area contributed by atoms with Gasteiger partial charge in [-0.05, 0) is 30.3 Å². The van der Waals surface area contributed by atoms with E-state index in [0.717, 1.165) is 6.07 Å². The first-order valence-corrected chi connectivity index (χ1v) is 9.07. The van der Waals surface area contributed by atoms with Gasteiger partial charge in [0.15, 0.2) is 10.9 Å². The zero-order chi connectivity index (χ0) is 19.6. The smallest absolute Gasteiger partial charge is 0.311 e. The van der Waals surface area contributed by atoms with Gasteiger partial charge in [0.1, 0.15) is 0 Å². The number of carbonyl (C=O) groups excluding carboxylic acids is 1. The first kappa shape index (κ1) is 19.1. The van der Waals surface area contributed by atoms with Crippen LogP contribution in [-0.2, 0) is 0 Å². The predicted molar refractivity (Wildman–Crippen MR) is 105 cm³/mol. The topological polar surface area (TPSA) is 94.4 Å². The Balaban J connectivity index is 1.83. The third kappa shape index (κ3) is 4.19. The highest BCUT2D eigenvalue weighted by Crippen LogP contribution is 2.33. The number of benzene rings is 2. The van der Waals surface area contributed by atoms with Crippen molar-refractivity contribution in [2.75, 3.05) is 12.4 Å². The number of nitrogens with zero attached hydrogens (tertiary/aromatic N) is 2. The number of carbonyl (C=O) groups is 1. The molecule has 0 radical (unpaired) electrons. The van der Waals surface area contributed by atoms with E-state index in [0.29, 0.717) is 26.4 Å². The number of anilines is 1. The van der Waals surface area contributed by atoms with Crippen LogP contribution in [-0.4, -0.2) is 22.9 Å². The van der Waals surface area contributed by atoms with E-state index in [9.17, 15) is 14.9 Å². The summed E-state index contributed by atoms with van der Waals surface area (Å²) in [6.07, 6.45) is 0. The number of nitrogens with one attached hydrogen (secondary N) is 1. The number of amides is 1.